The van der Waals surface area contributed by atoms with Gasteiger partial charge in [0, 0.05) is 0 Å². The molecule has 23 heavy (non-hydrogen) atoms. The van der Waals surface area contributed by atoms with Gasteiger partial charge in [-0.15, -0.1) is 0 Å². The highest BCUT2D eigenvalue weighted by atomic mass is 16.5. The number of nitrogens with zero attached hydrogens (tertiary/aromatic N) is 2. The summed E-state index contributed by atoms with van der Waals surface area (Å²) in [6.07, 6.45) is -0.591. The Labute approximate surface area is 136 Å². The van der Waals surface area contributed by atoms with Gasteiger partial charge < -0.3 is 14.4 Å². The average Bonchev–Trinajstić information content (AvgIpc) is 2.84. The number of rotatable bonds is 5. The van der Waals surface area contributed by atoms with E-state index in [-0.39, 0.29) is 6.61 Å². The molecule has 0 amide bonds. The number of benzene rings is 2. The highest BCUT2D eigenvalue weighted by Gasteiger charge is 2.12. The Bertz CT molecular complexity index is 823. The quantitative estimate of drug-likeness (QED) is 0.785. The van der Waals surface area contributed by atoms with Crippen LogP contribution in [0.5, 0.6) is 5.75 Å². The van der Waals surface area contributed by atoms with Gasteiger partial charge in [-0.2, -0.15) is 0 Å². The average molecular weight is 310 g/mol. The molecule has 0 spiro atoms. The Morgan fingerprint density at radius 1 is 1.13 bits per heavy atom. The fourth-order valence-corrected chi connectivity index (χ4v) is 2.74. The van der Waals surface area contributed by atoms with Crippen molar-refractivity contribution in [1.82, 2.24) is 9.55 Å². The Hall–Kier alpha value is -2.33. The van der Waals surface area contributed by atoms with Gasteiger partial charge in [0.05, 0.1) is 17.6 Å². The van der Waals surface area contributed by atoms with Gasteiger partial charge in [-0.1, -0.05) is 24.3 Å². The molecule has 3 rings (SSSR count). The summed E-state index contributed by atoms with van der Waals surface area (Å²) < 4.78 is 7.83. The second-order valence-electron chi connectivity index (χ2n) is 5.99. The largest absolute Gasteiger partial charge is 0.491 e. The number of aliphatic hydroxyl groups is 1. The number of aryl methyl sites for hydroxylation is 3. The minimum atomic E-state index is -0.591. The van der Waals surface area contributed by atoms with E-state index < -0.39 is 6.10 Å². The molecule has 4 heteroatoms. The summed E-state index contributed by atoms with van der Waals surface area (Å²) in [5.74, 6) is 1.73. The summed E-state index contributed by atoms with van der Waals surface area (Å²) in [6, 6.07) is 14.0. The minimum absolute atomic E-state index is 0.260. The van der Waals surface area contributed by atoms with E-state index in [2.05, 4.69) is 11.1 Å². The maximum Gasteiger partial charge on any atom is 0.122 e. The SMILES string of the molecule is Cc1ccc(C)c(OC[C@H](O)Cn2c(C)nc3ccccc32)c1. The van der Waals surface area contributed by atoms with Crippen molar-refractivity contribution in [1.29, 1.82) is 0 Å². The van der Waals surface area contributed by atoms with Crippen LogP contribution in [-0.4, -0.2) is 27.4 Å². The van der Waals surface area contributed by atoms with Crippen LogP contribution in [0.4, 0.5) is 0 Å². The fourth-order valence-electron chi connectivity index (χ4n) is 2.74. The third-order valence-corrected chi connectivity index (χ3v) is 4.01. The van der Waals surface area contributed by atoms with Gasteiger partial charge in [-0.3, -0.25) is 0 Å². The number of fused-ring (bicyclic) bond motifs is 1. The van der Waals surface area contributed by atoms with Crippen LogP contribution in [0.15, 0.2) is 42.5 Å². The molecule has 120 valence electrons. The number of aliphatic hydroxyl groups excluding tert-OH is 1. The Kier molecular flexibility index (Phi) is 4.35. The monoisotopic (exact) mass is 310 g/mol. The van der Waals surface area contributed by atoms with Crippen molar-refractivity contribution in [2.45, 2.75) is 33.4 Å². The van der Waals surface area contributed by atoms with Gasteiger partial charge in [-0.05, 0) is 50.1 Å². The van der Waals surface area contributed by atoms with Crippen LogP contribution >= 0.6 is 0 Å². The summed E-state index contributed by atoms with van der Waals surface area (Å²) in [5, 5.41) is 10.4. The number of ether oxygens (including phenoxy) is 1. The van der Waals surface area contributed by atoms with Crippen molar-refractivity contribution in [3.63, 3.8) is 0 Å². The number of para-hydroxylation sites is 2. The van der Waals surface area contributed by atoms with Gasteiger partial charge >= 0.3 is 0 Å². The lowest BCUT2D eigenvalue weighted by atomic mass is 10.1. The van der Waals surface area contributed by atoms with Crippen LogP contribution in [0.1, 0.15) is 17.0 Å². The van der Waals surface area contributed by atoms with E-state index in [0.717, 1.165) is 33.7 Å². The van der Waals surface area contributed by atoms with Crippen LogP contribution in [0.25, 0.3) is 11.0 Å². The van der Waals surface area contributed by atoms with E-state index >= 15 is 0 Å². The summed E-state index contributed by atoms with van der Waals surface area (Å²) in [6.45, 7) is 6.73. The first-order valence-electron chi connectivity index (χ1n) is 7.84. The second kappa shape index (κ2) is 6.42. The number of hydrogen-bond donors (Lipinski definition) is 1. The third kappa shape index (κ3) is 3.37. The first-order chi connectivity index (χ1) is 11.0. The maximum atomic E-state index is 10.4. The molecule has 0 aliphatic carbocycles. The van der Waals surface area contributed by atoms with E-state index in [0.29, 0.717) is 6.54 Å². The van der Waals surface area contributed by atoms with Gasteiger partial charge in [0.25, 0.3) is 0 Å². The molecule has 0 unspecified atom stereocenters. The smallest absolute Gasteiger partial charge is 0.122 e. The van der Waals surface area contributed by atoms with E-state index in [4.69, 9.17) is 4.74 Å². The summed E-state index contributed by atoms with van der Waals surface area (Å²) in [4.78, 5) is 4.52. The maximum absolute atomic E-state index is 10.4. The van der Waals surface area contributed by atoms with Gasteiger partial charge in [-0.25, -0.2) is 4.98 Å². The second-order valence-corrected chi connectivity index (χ2v) is 5.99. The highest BCUT2D eigenvalue weighted by Crippen LogP contribution is 2.20. The molecule has 4 nitrogen and oxygen atoms in total. The molecule has 3 aromatic rings. The topological polar surface area (TPSA) is 47.3 Å². The highest BCUT2D eigenvalue weighted by molar-refractivity contribution is 5.75. The third-order valence-electron chi connectivity index (χ3n) is 4.01. The van der Waals surface area contributed by atoms with Crippen LogP contribution in [0.3, 0.4) is 0 Å². The Morgan fingerprint density at radius 3 is 2.74 bits per heavy atom. The van der Waals surface area contributed by atoms with Gasteiger partial charge in [0.15, 0.2) is 0 Å². The molecule has 0 fully saturated rings. The summed E-state index contributed by atoms with van der Waals surface area (Å²) >= 11 is 0. The first-order valence-corrected chi connectivity index (χ1v) is 7.84. The van der Waals surface area contributed by atoms with Gasteiger partial charge in [0.2, 0.25) is 0 Å². The predicted octanol–water partition coefficient (Wildman–Crippen LogP) is 3.40. The first kappa shape index (κ1) is 15.6. The van der Waals surface area contributed by atoms with Gasteiger partial charge in [0.1, 0.15) is 24.3 Å². The number of imidazole rings is 1. The van der Waals surface area contributed by atoms with Crippen LogP contribution in [-0.2, 0) is 6.54 Å². The molecule has 0 bridgehead atoms. The molecule has 0 radical (unpaired) electrons. The Morgan fingerprint density at radius 2 is 1.91 bits per heavy atom. The van der Waals surface area contributed by atoms with Crippen molar-refractivity contribution < 1.29 is 9.84 Å². The predicted molar refractivity (Wildman–Crippen MR) is 91.9 cm³/mol. The zero-order valence-corrected chi connectivity index (χ0v) is 13.8. The molecule has 1 N–H and O–H groups in total. The van der Waals surface area contributed by atoms with Crippen LogP contribution in [0.2, 0.25) is 0 Å². The zero-order valence-electron chi connectivity index (χ0n) is 13.8. The normalized spacial score (nSPS) is 12.5. The molecule has 1 heterocycles. The number of aromatic nitrogens is 2. The molecular formula is C19H22N2O2. The summed E-state index contributed by atoms with van der Waals surface area (Å²) in [5.41, 5.74) is 4.21. The number of hydrogen-bond acceptors (Lipinski definition) is 3. The molecule has 1 atom stereocenters. The standard InChI is InChI=1S/C19H22N2O2/c1-13-8-9-14(2)19(10-13)23-12-16(22)11-21-15(3)20-17-6-4-5-7-18(17)21/h4-10,16,22H,11-12H2,1-3H3/t16-/m1/s1. The van der Waals surface area contributed by atoms with Crippen molar-refractivity contribution in [2.24, 2.45) is 0 Å². The van der Waals surface area contributed by atoms with Crippen LogP contribution < -0.4 is 4.74 Å². The van der Waals surface area contributed by atoms with Crippen molar-refractivity contribution >= 4 is 11.0 Å². The summed E-state index contributed by atoms with van der Waals surface area (Å²) in [7, 11) is 0. The molecule has 1 aromatic heterocycles. The zero-order chi connectivity index (χ0) is 16.4. The van der Waals surface area contributed by atoms with Crippen LogP contribution in [0, 0.1) is 20.8 Å². The molecule has 2 aromatic carbocycles. The molecule has 0 saturated carbocycles. The molecular weight excluding hydrogens is 288 g/mol. The lowest BCUT2D eigenvalue weighted by molar-refractivity contribution is 0.0926. The fraction of sp³-hybridized carbons (Fsp3) is 0.316. The van der Waals surface area contributed by atoms with E-state index in [1.165, 1.54) is 0 Å². The van der Waals surface area contributed by atoms with Crippen molar-refractivity contribution in [2.75, 3.05) is 6.61 Å². The Balaban J connectivity index is 1.70. The van der Waals surface area contributed by atoms with E-state index in [1.54, 1.807) is 0 Å². The van der Waals surface area contributed by atoms with E-state index in [1.807, 2.05) is 61.7 Å². The lowest BCUT2D eigenvalue weighted by Crippen LogP contribution is -2.24. The van der Waals surface area contributed by atoms with Crippen molar-refractivity contribution in [3.05, 3.63) is 59.4 Å². The van der Waals surface area contributed by atoms with E-state index in [9.17, 15) is 5.11 Å². The molecule has 0 aliphatic rings. The molecule has 0 aliphatic heterocycles. The minimum Gasteiger partial charge on any atom is -0.491 e. The molecule has 0 saturated heterocycles. The van der Waals surface area contributed by atoms with Crippen molar-refractivity contribution in [3.8, 4) is 5.75 Å². The lowest BCUT2D eigenvalue weighted by Gasteiger charge is -2.16.